The molecule has 6 nitrogen and oxygen atoms in total. The van der Waals surface area contributed by atoms with Crippen LogP contribution in [0, 0.1) is 0 Å². The largest absolute Gasteiger partial charge is 0.381 e. The van der Waals surface area contributed by atoms with Crippen LogP contribution in [0.3, 0.4) is 0 Å². The van der Waals surface area contributed by atoms with Gasteiger partial charge in [0.15, 0.2) is 0 Å². The number of hydrogen-bond donors (Lipinski definition) is 1. The van der Waals surface area contributed by atoms with Crippen molar-refractivity contribution in [1.82, 2.24) is 19.9 Å². The maximum Gasteiger partial charge on any atom is 0.232 e. The van der Waals surface area contributed by atoms with E-state index in [0.29, 0.717) is 18.7 Å². The van der Waals surface area contributed by atoms with Crippen molar-refractivity contribution >= 4 is 5.91 Å². The van der Waals surface area contributed by atoms with Crippen molar-refractivity contribution < 1.29 is 9.90 Å². The van der Waals surface area contributed by atoms with E-state index in [0.717, 1.165) is 5.56 Å². The Morgan fingerprint density at radius 2 is 1.96 bits per heavy atom. The number of nitrogens with zero attached hydrogens (tertiary/aromatic N) is 4. The molecule has 1 aliphatic rings. The minimum Gasteiger partial charge on any atom is -0.381 e. The van der Waals surface area contributed by atoms with Crippen LogP contribution in [-0.4, -0.2) is 44.0 Å². The molecular formula is C19H26N4O2. The summed E-state index contributed by atoms with van der Waals surface area (Å²) in [5.74, 6) is 0.0193. The summed E-state index contributed by atoms with van der Waals surface area (Å²) in [7, 11) is 0. The van der Waals surface area contributed by atoms with Gasteiger partial charge in [0.25, 0.3) is 0 Å². The fourth-order valence-electron chi connectivity index (χ4n) is 3.29. The van der Waals surface area contributed by atoms with Crippen molar-refractivity contribution in [3.05, 3.63) is 47.8 Å². The Hall–Kier alpha value is -2.21. The summed E-state index contributed by atoms with van der Waals surface area (Å²) in [4.78, 5) is 14.8. The first-order valence-electron chi connectivity index (χ1n) is 8.73. The van der Waals surface area contributed by atoms with Crippen molar-refractivity contribution in [3.63, 3.8) is 0 Å². The van der Waals surface area contributed by atoms with E-state index in [1.54, 1.807) is 15.8 Å². The van der Waals surface area contributed by atoms with Gasteiger partial charge in [-0.25, -0.2) is 4.68 Å². The Morgan fingerprint density at radius 1 is 1.28 bits per heavy atom. The minimum atomic E-state index is -1.13. The number of hydrogen-bond acceptors (Lipinski definition) is 4. The van der Waals surface area contributed by atoms with Gasteiger partial charge >= 0.3 is 0 Å². The van der Waals surface area contributed by atoms with Crippen LogP contribution < -0.4 is 0 Å². The highest BCUT2D eigenvalue weighted by atomic mass is 16.3. The number of amides is 1. The van der Waals surface area contributed by atoms with Crippen LogP contribution in [0.15, 0.2) is 36.5 Å². The molecule has 0 saturated carbocycles. The van der Waals surface area contributed by atoms with E-state index in [1.807, 2.05) is 58.0 Å². The molecule has 0 radical (unpaired) electrons. The van der Waals surface area contributed by atoms with Gasteiger partial charge in [0.05, 0.1) is 18.2 Å². The first-order valence-corrected chi connectivity index (χ1v) is 8.73. The molecule has 1 atom stereocenters. The fourth-order valence-corrected chi connectivity index (χ4v) is 3.29. The van der Waals surface area contributed by atoms with Gasteiger partial charge in [0, 0.05) is 19.0 Å². The Morgan fingerprint density at radius 3 is 2.56 bits per heavy atom. The lowest BCUT2D eigenvalue weighted by molar-refractivity contribution is -0.136. The van der Waals surface area contributed by atoms with Crippen molar-refractivity contribution in [1.29, 1.82) is 0 Å². The fraction of sp³-hybridized carbons (Fsp3) is 0.526. The minimum absolute atomic E-state index is 0.0193. The number of benzene rings is 1. The Balaban J connectivity index is 1.78. The third-order valence-electron chi connectivity index (χ3n) is 5.08. The van der Waals surface area contributed by atoms with E-state index in [1.165, 1.54) is 0 Å². The van der Waals surface area contributed by atoms with Crippen molar-refractivity contribution in [2.75, 3.05) is 13.1 Å². The van der Waals surface area contributed by atoms with E-state index in [9.17, 15) is 9.90 Å². The molecule has 3 rings (SSSR count). The third-order valence-corrected chi connectivity index (χ3v) is 5.08. The molecule has 0 aliphatic carbocycles. The average Bonchev–Trinajstić information content (AvgIpc) is 3.23. The molecule has 1 aromatic carbocycles. The first-order chi connectivity index (χ1) is 11.7. The topological polar surface area (TPSA) is 71.2 Å². The van der Waals surface area contributed by atoms with Crippen molar-refractivity contribution in [3.8, 4) is 0 Å². The summed E-state index contributed by atoms with van der Waals surface area (Å²) in [6.45, 7) is 8.64. The van der Waals surface area contributed by atoms with Crippen LogP contribution in [0.25, 0.3) is 0 Å². The van der Waals surface area contributed by atoms with E-state index in [2.05, 4.69) is 10.3 Å². The molecule has 1 fully saturated rings. The summed E-state index contributed by atoms with van der Waals surface area (Å²) in [6.07, 6.45) is 2.25. The Labute approximate surface area is 148 Å². The third kappa shape index (κ3) is 3.18. The molecule has 1 unspecified atom stereocenters. The summed E-state index contributed by atoms with van der Waals surface area (Å²) in [5.41, 5.74) is -0.257. The second-order valence-electron chi connectivity index (χ2n) is 7.68. The molecule has 1 aromatic heterocycles. The number of β-amino-alcohol motifs (C(OH)–C–C–N with tert-alkyl or cyclic N) is 1. The predicted octanol–water partition coefficient (Wildman–Crippen LogP) is 2.26. The molecular weight excluding hydrogens is 316 g/mol. The van der Waals surface area contributed by atoms with E-state index in [-0.39, 0.29) is 18.5 Å². The number of aliphatic hydroxyl groups is 1. The number of aromatic nitrogens is 3. The van der Waals surface area contributed by atoms with Gasteiger partial charge in [-0.1, -0.05) is 35.5 Å². The van der Waals surface area contributed by atoms with Gasteiger partial charge < -0.3 is 10.0 Å². The van der Waals surface area contributed by atoms with Gasteiger partial charge in [0.1, 0.15) is 11.3 Å². The molecule has 0 spiro atoms. The van der Waals surface area contributed by atoms with E-state index < -0.39 is 11.0 Å². The van der Waals surface area contributed by atoms with Crippen LogP contribution in [0.4, 0.5) is 0 Å². The summed E-state index contributed by atoms with van der Waals surface area (Å²) < 4.78 is 1.73. The molecule has 1 N–H and O–H groups in total. The lowest BCUT2D eigenvalue weighted by Crippen LogP contribution is -2.44. The quantitative estimate of drug-likeness (QED) is 0.925. The number of carbonyl (C=O) groups is 1. The van der Waals surface area contributed by atoms with Gasteiger partial charge in [-0.3, -0.25) is 4.79 Å². The van der Waals surface area contributed by atoms with Crippen LogP contribution in [0.1, 0.15) is 51.4 Å². The summed E-state index contributed by atoms with van der Waals surface area (Å²) in [6, 6.07) is 9.93. The zero-order valence-electron chi connectivity index (χ0n) is 15.3. The maximum atomic E-state index is 13.1. The Bertz CT molecular complexity index is 754. The zero-order chi connectivity index (χ0) is 18.2. The predicted molar refractivity (Wildman–Crippen MR) is 95.0 cm³/mol. The molecule has 0 bridgehead atoms. The Kier molecular flexibility index (Phi) is 4.41. The summed E-state index contributed by atoms with van der Waals surface area (Å²) >= 11 is 0. The molecule has 134 valence electrons. The molecule has 1 saturated heterocycles. The highest BCUT2D eigenvalue weighted by Crippen LogP contribution is 2.34. The van der Waals surface area contributed by atoms with Crippen LogP contribution in [0.5, 0.6) is 0 Å². The maximum absolute atomic E-state index is 13.1. The number of rotatable bonds is 4. The van der Waals surface area contributed by atoms with Crippen molar-refractivity contribution in [2.24, 2.45) is 0 Å². The summed E-state index contributed by atoms with van der Waals surface area (Å²) in [5, 5.41) is 19.2. The molecule has 25 heavy (non-hydrogen) atoms. The average molecular weight is 342 g/mol. The van der Waals surface area contributed by atoms with Crippen LogP contribution >= 0.6 is 0 Å². The normalized spacial score (nSPS) is 21.1. The van der Waals surface area contributed by atoms with Gasteiger partial charge in [0.2, 0.25) is 5.91 Å². The lowest BCUT2D eigenvalue weighted by atomic mass is 9.83. The van der Waals surface area contributed by atoms with Gasteiger partial charge in [-0.05, 0) is 33.3 Å². The van der Waals surface area contributed by atoms with E-state index in [4.69, 9.17) is 0 Å². The molecule has 2 aromatic rings. The van der Waals surface area contributed by atoms with Gasteiger partial charge in [-0.15, -0.1) is 5.10 Å². The molecule has 6 heteroatoms. The lowest BCUT2D eigenvalue weighted by Gasteiger charge is -2.30. The zero-order valence-corrected chi connectivity index (χ0v) is 15.3. The second-order valence-corrected chi connectivity index (χ2v) is 7.68. The van der Waals surface area contributed by atoms with E-state index >= 15 is 0 Å². The standard InChI is InChI=1S/C19H26N4O2/c1-14(2)23-12-16(20-21-23)19(25)10-11-22(13-19)17(24)18(3,4)15-8-6-5-7-9-15/h5-9,12,14,25H,10-11,13H2,1-4H3. The highest BCUT2D eigenvalue weighted by Gasteiger charge is 2.45. The monoisotopic (exact) mass is 342 g/mol. The molecule has 1 amide bonds. The first kappa shape index (κ1) is 17.6. The smallest absolute Gasteiger partial charge is 0.232 e. The molecule has 1 aliphatic heterocycles. The SMILES string of the molecule is CC(C)n1cc(C2(O)CCN(C(=O)C(C)(C)c3ccccc3)C2)nn1. The molecule has 2 heterocycles. The van der Waals surface area contributed by atoms with Crippen LogP contribution in [0.2, 0.25) is 0 Å². The number of likely N-dealkylation sites (tertiary alicyclic amines) is 1. The highest BCUT2D eigenvalue weighted by molar-refractivity contribution is 5.87. The van der Waals surface area contributed by atoms with Gasteiger partial charge in [-0.2, -0.15) is 0 Å². The number of carbonyl (C=O) groups excluding carboxylic acids is 1. The second kappa shape index (κ2) is 6.26. The van der Waals surface area contributed by atoms with Crippen molar-refractivity contribution in [2.45, 2.75) is 51.2 Å². The van der Waals surface area contributed by atoms with Crippen LogP contribution in [-0.2, 0) is 15.8 Å².